The van der Waals surface area contributed by atoms with Crippen LogP contribution in [0.5, 0.6) is 0 Å². The van der Waals surface area contributed by atoms with Crippen LogP contribution in [0.15, 0.2) is 24.3 Å². The SMILES string of the molecule is CCS(=O)(=O)N1CCC[C@@H]1c1ccc(Cl)cc1. The van der Waals surface area contributed by atoms with Crippen LogP contribution in [0, 0.1) is 0 Å². The lowest BCUT2D eigenvalue weighted by Gasteiger charge is -2.23. The molecular weight excluding hydrogens is 258 g/mol. The molecule has 1 aromatic rings. The van der Waals surface area contributed by atoms with Crippen molar-refractivity contribution in [2.24, 2.45) is 0 Å². The smallest absolute Gasteiger partial charge is 0.212 e. The lowest BCUT2D eigenvalue weighted by atomic mass is 10.1. The van der Waals surface area contributed by atoms with E-state index in [-0.39, 0.29) is 11.8 Å². The number of rotatable bonds is 3. The zero-order chi connectivity index (χ0) is 12.5. The van der Waals surface area contributed by atoms with E-state index < -0.39 is 10.0 Å². The van der Waals surface area contributed by atoms with Gasteiger partial charge in [0.2, 0.25) is 10.0 Å². The van der Waals surface area contributed by atoms with E-state index in [2.05, 4.69) is 0 Å². The third-order valence-electron chi connectivity index (χ3n) is 3.18. The van der Waals surface area contributed by atoms with Crippen molar-refractivity contribution in [3.63, 3.8) is 0 Å². The van der Waals surface area contributed by atoms with E-state index in [1.807, 2.05) is 24.3 Å². The first-order valence-corrected chi connectivity index (χ1v) is 7.78. The van der Waals surface area contributed by atoms with E-state index >= 15 is 0 Å². The second-order valence-electron chi connectivity index (χ2n) is 4.22. The second-order valence-corrected chi connectivity index (χ2v) is 6.87. The van der Waals surface area contributed by atoms with Gasteiger partial charge in [-0.2, -0.15) is 4.31 Å². The minimum Gasteiger partial charge on any atom is -0.212 e. The molecule has 0 saturated carbocycles. The molecule has 0 aliphatic carbocycles. The molecule has 0 spiro atoms. The second kappa shape index (κ2) is 4.96. The van der Waals surface area contributed by atoms with Crippen LogP contribution in [0.4, 0.5) is 0 Å². The molecule has 1 atom stereocenters. The average molecular weight is 274 g/mol. The van der Waals surface area contributed by atoms with Crippen molar-refractivity contribution in [3.05, 3.63) is 34.9 Å². The zero-order valence-corrected chi connectivity index (χ0v) is 11.3. The van der Waals surface area contributed by atoms with E-state index in [9.17, 15) is 8.42 Å². The van der Waals surface area contributed by atoms with Crippen molar-refractivity contribution < 1.29 is 8.42 Å². The Kier molecular flexibility index (Phi) is 3.76. The molecule has 0 aromatic heterocycles. The van der Waals surface area contributed by atoms with Crippen molar-refractivity contribution in [1.82, 2.24) is 4.31 Å². The maximum absolute atomic E-state index is 12.0. The first-order valence-electron chi connectivity index (χ1n) is 5.79. The highest BCUT2D eigenvalue weighted by Gasteiger charge is 2.33. The number of hydrogen-bond donors (Lipinski definition) is 0. The zero-order valence-electron chi connectivity index (χ0n) is 9.77. The molecule has 0 amide bonds. The highest BCUT2D eigenvalue weighted by Crippen LogP contribution is 2.34. The highest BCUT2D eigenvalue weighted by molar-refractivity contribution is 7.89. The third kappa shape index (κ3) is 2.64. The fraction of sp³-hybridized carbons (Fsp3) is 0.500. The van der Waals surface area contributed by atoms with Crippen LogP contribution < -0.4 is 0 Å². The molecule has 1 aliphatic heterocycles. The van der Waals surface area contributed by atoms with Gasteiger partial charge in [-0.25, -0.2) is 8.42 Å². The van der Waals surface area contributed by atoms with Gasteiger partial charge in [0.15, 0.2) is 0 Å². The average Bonchev–Trinajstić information content (AvgIpc) is 2.80. The summed E-state index contributed by atoms with van der Waals surface area (Å²) < 4.78 is 25.5. The van der Waals surface area contributed by atoms with E-state index in [4.69, 9.17) is 11.6 Å². The largest absolute Gasteiger partial charge is 0.214 e. The van der Waals surface area contributed by atoms with Gasteiger partial charge in [0, 0.05) is 17.6 Å². The first kappa shape index (κ1) is 12.9. The van der Waals surface area contributed by atoms with Gasteiger partial charge in [-0.3, -0.25) is 0 Å². The number of hydrogen-bond acceptors (Lipinski definition) is 2. The van der Waals surface area contributed by atoms with Gasteiger partial charge in [-0.05, 0) is 37.5 Å². The summed E-state index contributed by atoms with van der Waals surface area (Å²) in [6.07, 6.45) is 1.81. The molecule has 17 heavy (non-hydrogen) atoms. The molecule has 1 saturated heterocycles. The summed E-state index contributed by atoms with van der Waals surface area (Å²) in [6, 6.07) is 7.43. The van der Waals surface area contributed by atoms with Crippen LogP contribution in [0.1, 0.15) is 31.4 Å². The molecular formula is C12H16ClNO2S. The van der Waals surface area contributed by atoms with E-state index in [1.54, 1.807) is 11.2 Å². The summed E-state index contributed by atoms with van der Waals surface area (Å²) in [5.41, 5.74) is 1.03. The Balaban J connectivity index is 2.29. The Morgan fingerprint density at radius 3 is 2.59 bits per heavy atom. The predicted octanol–water partition coefficient (Wildman–Crippen LogP) is 2.83. The molecule has 5 heteroatoms. The number of nitrogens with zero attached hydrogens (tertiary/aromatic N) is 1. The first-order chi connectivity index (χ1) is 8.04. The number of halogens is 1. The predicted molar refractivity (Wildman–Crippen MR) is 69.6 cm³/mol. The van der Waals surface area contributed by atoms with Crippen LogP contribution in [-0.4, -0.2) is 25.0 Å². The normalized spacial score (nSPS) is 21.9. The van der Waals surface area contributed by atoms with E-state index in [0.717, 1.165) is 18.4 Å². The molecule has 1 aliphatic rings. The number of sulfonamides is 1. The summed E-state index contributed by atoms with van der Waals surface area (Å²) in [5.74, 6) is 0.164. The fourth-order valence-corrected chi connectivity index (χ4v) is 3.74. The van der Waals surface area contributed by atoms with E-state index in [1.165, 1.54) is 0 Å². The molecule has 0 unspecified atom stereocenters. The summed E-state index contributed by atoms with van der Waals surface area (Å²) in [6.45, 7) is 2.32. The molecule has 94 valence electrons. The van der Waals surface area contributed by atoms with Gasteiger partial charge in [0.1, 0.15) is 0 Å². The van der Waals surface area contributed by atoms with E-state index in [0.29, 0.717) is 11.6 Å². The van der Waals surface area contributed by atoms with Crippen LogP contribution in [0.2, 0.25) is 5.02 Å². The standard InChI is InChI=1S/C12H16ClNO2S/c1-2-17(15,16)14-9-3-4-12(14)10-5-7-11(13)8-6-10/h5-8,12H,2-4,9H2,1H3/t12-/m1/s1. The maximum Gasteiger partial charge on any atom is 0.214 e. The molecule has 1 aromatic carbocycles. The molecule has 0 radical (unpaired) electrons. The summed E-state index contributed by atoms with van der Waals surface area (Å²) in [5, 5.41) is 0.677. The quantitative estimate of drug-likeness (QED) is 0.849. The van der Waals surface area contributed by atoms with Gasteiger partial charge in [0.25, 0.3) is 0 Å². The third-order valence-corrected chi connectivity index (χ3v) is 5.31. The lowest BCUT2D eigenvalue weighted by Crippen LogP contribution is -2.31. The van der Waals surface area contributed by atoms with Crippen molar-refractivity contribution in [3.8, 4) is 0 Å². The van der Waals surface area contributed by atoms with Gasteiger partial charge in [0.05, 0.1) is 5.75 Å². The molecule has 1 heterocycles. The summed E-state index contributed by atoms with van der Waals surface area (Å²) >= 11 is 5.84. The fourth-order valence-electron chi connectivity index (χ4n) is 2.26. The van der Waals surface area contributed by atoms with Crippen LogP contribution in [0.3, 0.4) is 0 Å². The van der Waals surface area contributed by atoms with Gasteiger partial charge < -0.3 is 0 Å². The lowest BCUT2D eigenvalue weighted by molar-refractivity contribution is 0.397. The van der Waals surface area contributed by atoms with Gasteiger partial charge >= 0.3 is 0 Å². The topological polar surface area (TPSA) is 37.4 Å². The van der Waals surface area contributed by atoms with Crippen LogP contribution in [0.25, 0.3) is 0 Å². The molecule has 1 fully saturated rings. The Bertz CT molecular complexity index is 484. The van der Waals surface area contributed by atoms with Crippen molar-refractivity contribution in [2.75, 3.05) is 12.3 Å². The molecule has 2 rings (SSSR count). The Hall–Kier alpha value is -0.580. The monoisotopic (exact) mass is 273 g/mol. The Labute approximate surface area is 107 Å². The van der Waals surface area contributed by atoms with Crippen LogP contribution in [-0.2, 0) is 10.0 Å². The summed E-state index contributed by atoms with van der Waals surface area (Å²) in [4.78, 5) is 0. The Morgan fingerprint density at radius 1 is 1.35 bits per heavy atom. The highest BCUT2D eigenvalue weighted by atomic mass is 35.5. The van der Waals surface area contributed by atoms with Gasteiger partial charge in [-0.1, -0.05) is 23.7 Å². The van der Waals surface area contributed by atoms with Crippen LogP contribution >= 0.6 is 11.6 Å². The summed E-state index contributed by atoms with van der Waals surface area (Å²) in [7, 11) is -3.11. The molecule has 0 bridgehead atoms. The molecule has 3 nitrogen and oxygen atoms in total. The molecule has 0 N–H and O–H groups in total. The Morgan fingerprint density at radius 2 is 2.00 bits per heavy atom. The minimum absolute atomic E-state index is 0.0165. The van der Waals surface area contributed by atoms with Crippen molar-refractivity contribution in [1.29, 1.82) is 0 Å². The van der Waals surface area contributed by atoms with Gasteiger partial charge in [-0.15, -0.1) is 0 Å². The van der Waals surface area contributed by atoms with Crippen molar-refractivity contribution in [2.45, 2.75) is 25.8 Å². The minimum atomic E-state index is -3.11. The maximum atomic E-state index is 12.0. The number of benzene rings is 1. The van der Waals surface area contributed by atoms with Crippen molar-refractivity contribution >= 4 is 21.6 Å².